The van der Waals surface area contributed by atoms with Gasteiger partial charge in [0.05, 0.1) is 30.5 Å². The molecule has 0 amide bonds. The van der Waals surface area contributed by atoms with E-state index >= 15 is 0 Å². The molecule has 0 aliphatic carbocycles. The summed E-state index contributed by atoms with van der Waals surface area (Å²) in [5, 5.41) is 11.7. The molecule has 13 heteroatoms. The topological polar surface area (TPSA) is 132 Å². The number of para-hydroxylation sites is 2. The highest BCUT2D eigenvalue weighted by Crippen LogP contribution is 2.36. The first-order chi connectivity index (χ1) is 18.2. The highest BCUT2D eigenvalue weighted by molar-refractivity contribution is 7.88. The lowest BCUT2D eigenvalue weighted by atomic mass is 9.93. The predicted molar refractivity (Wildman–Crippen MR) is 143 cm³/mol. The highest BCUT2D eigenvalue weighted by atomic mass is 32.2. The van der Waals surface area contributed by atoms with E-state index in [9.17, 15) is 13.5 Å². The molecule has 2 fully saturated rings. The maximum Gasteiger partial charge on any atom is 0.239 e. The summed E-state index contributed by atoms with van der Waals surface area (Å²) in [5.41, 5.74) is 1.46. The first kappa shape index (κ1) is 25.2. The van der Waals surface area contributed by atoms with Crippen molar-refractivity contribution in [3.05, 3.63) is 35.9 Å². The third-order valence-electron chi connectivity index (χ3n) is 7.47. The summed E-state index contributed by atoms with van der Waals surface area (Å²) in [6, 6.07) is 7.90. The Morgan fingerprint density at radius 2 is 1.84 bits per heavy atom. The van der Waals surface area contributed by atoms with Crippen LogP contribution in [0.1, 0.15) is 31.4 Å². The zero-order chi connectivity index (χ0) is 26.7. The van der Waals surface area contributed by atoms with Gasteiger partial charge in [0.2, 0.25) is 16.0 Å². The molecule has 202 valence electrons. The smallest absolute Gasteiger partial charge is 0.239 e. The molecule has 1 unspecified atom stereocenters. The number of hydrogen-bond acceptors (Lipinski definition) is 9. The Labute approximate surface area is 220 Å². The molecule has 4 aromatic rings. The van der Waals surface area contributed by atoms with E-state index in [0.29, 0.717) is 80.9 Å². The number of nitrogens with zero attached hydrogens (tertiary/aromatic N) is 8. The molecule has 0 saturated carbocycles. The maximum atomic E-state index is 12.3. The number of hydrogen-bond donors (Lipinski definition) is 1. The predicted octanol–water partition coefficient (Wildman–Crippen LogP) is 1.34. The maximum absolute atomic E-state index is 12.3. The Morgan fingerprint density at radius 1 is 1.08 bits per heavy atom. The standard InChI is InChI=1S/C25H32N8O4S/c1-4-19-26-17-8-5-6-9-18(17)33(19)24-28-21-20(22(29-24)31-12-14-37-15-13-31)27-23(30(21)2)25(34)10-7-11-32(16-25)38(3,35)36/h5-6,8-9,34H,4,7,10-16H2,1-3H3. The number of aliphatic hydroxyl groups is 1. The summed E-state index contributed by atoms with van der Waals surface area (Å²) in [5.74, 6) is 2.37. The van der Waals surface area contributed by atoms with E-state index in [1.165, 1.54) is 10.6 Å². The number of rotatable bonds is 5. The van der Waals surface area contributed by atoms with Crippen LogP contribution in [-0.2, 0) is 33.8 Å². The van der Waals surface area contributed by atoms with Gasteiger partial charge in [0, 0.05) is 39.6 Å². The van der Waals surface area contributed by atoms with Gasteiger partial charge in [-0.15, -0.1) is 0 Å². The van der Waals surface area contributed by atoms with Crippen LogP contribution in [0.4, 0.5) is 5.82 Å². The molecule has 5 heterocycles. The van der Waals surface area contributed by atoms with Crippen molar-refractivity contribution >= 4 is 38.0 Å². The molecule has 0 spiro atoms. The second-order valence-corrected chi connectivity index (χ2v) is 12.0. The molecule has 1 aromatic carbocycles. The molecule has 1 N–H and O–H groups in total. The van der Waals surface area contributed by atoms with E-state index in [2.05, 4.69) is 4.90 Å². The van der Waals surface area contributed by atoms with E-state index in [0.717, 1.165) is 16.9 Å². The van der Waals surface area contributed by atoms with Gasteiger partial charge < -0.3 is 19.3 Å². The Morgan fingerprint density at radius 3 is 2.58 bits per heavy atom. The van der Waals surface area contributed by atoms with Crippen LogP contribution >= 0.6 is 0 Å². The van der Waals surface area contributed by atoms with E-state index < -0.39 is 15.6 Å². The van der Waals surface area contributed by atoms with Crippen LogP contribution in [-0.4, -0.2) is 92.5 Å². The van der Waals surface area contributed by atoms with Gasteiger partial charge in [0.25, 0.3) is 0 Å². The number of ether oxygens (including phenoxy) is 1. The van der Waals surface area contributed by atoms with Crippen LogP contribution < -0.4 is 4.90 Å². The van der Waals surface area contributed by atoms with Gasteiger partial charge >= 0.3 is 0 Å². The third-order valence-corrected chi connectivity index (χ3v) is 8.72. The number of piperidine rings is 1. The number of aryl methyl sites for hydroxylation is 2. The lowest BCUT2D eigenvalue weighted by Crippen LogP contribution is -2.49. The Bertz CT molecular complexity index is 1630. The zero-order valence-corrected chi connectivity index (χ0v) is 22.6. The highest BCUT2D eigenvalue weighted by Gasteiger charge is 2.42. The van der Waals surface area contributed by atoms with Crippen molar-refractivity contribution in [2.75, 3.05) is 50.5 Å². The minimum Gasteiger partial charge on any atom is -0.381 e. The van der Waals surface area contributed by atoms with Gasteiger partial charge in [0.1, 0.15) is 17.2 Å². The van der Waals surface area contributed by atoms with E-state index in [1.54, 1.807) is 4.57 Å². The van der Waals surface area contributed by atoms with Crippen molar-refractivity contribution < 1.29 is 18.3 Å². The monoisotopic (exact) mass is 540 g/mol. The van der Waals surface area contributed by atoms with Gasteiger partial charge in [-0.25, -0.2) is 18.4 Å². The van der Waals surface area contributed by atoms with Crippen molar-refractivity contribution in [2.24, 2.45) is 7.05 Å². The van der Waals surface area contributed by atoms with Gasteiger partial charge in [-0.3, -0.25) is 4.57 Å². The third kappa shape index (κ3) is 4.13. The molecule has 2 saturated heterocycles. The van der Waals surface area contributed by atoms with Crippen molar-refractivity contribution in [2.45, 2.75) is 31.8 Å². The average Bonchev–Trinajstić information content (AvgIpc) is 3.46. The lowest BCUT2D eigenvalue weighted by molar-refractivity contribution is -0.0216. The molecule has 12 nitrogen and oxygen atoms in total. The normalized spacial score (nSPS) is 21.5. The first-order valence-corrected chi connectivity index (χ1v) is 14.8. The number of imidazole rings is 2. The molecule has 0 radical (unpaired) electrons. The number of fused-ring (bicyclic) bond motifs is 2. The SMILES string of the molecule is CCc1nc2ccccc2n1-c1nc(N2CCOCC2)c2nc(C3(O)CCCN(S(C)(=O)=O)C3)n(C)c2n1. The quantitative estimate of drug-likeness (QED) is 0.398. The van der Waals surface area contributed by atoms with Crippen molar-refractivity contribution in [1.29, 1.82) is 0 Å². The number of sulfonamides is 1. The summed E-state index contributed by atoms with van der Waals surface area (Å²) in [6.07, 6.45) is 2.79. The first-order valence-electron chi connectivity index (χ1n) is 12.9. The van der Waals surface area contributed by atoms with Crippen molar-refractivity contribution in [1.82, 2.24) is 33.4 Å². The van der Waals surface area contributed by atoms with E-state index in [1.807, 2.05) is 42.8 Å². The van der Waals surface area contributed by atoms with Gasteiger partial charge in [-0.2, -0.15) is 14.3 Å². The van der Waals surface area contributed by atoms with E-state index in [4.69, 9.17) is 24.7 Å². The molecule has 6 rings (SSSR count). The number of anilines is 1. The second-order valence-electron chi connectivity index (χ2n) is 10.1. The lowest BCUT2D eigenvalue weighted by Gasteiger charge is -2.37. The van der Waals surface area contributed by atoms with Gasteiger partial charge in [-0.1, -0.05) is 19.1 Å². The minimum absolute atomic E-state index is 0.0533. The molecule has 2 aliphatic rings. The van der Waals surface area contributed by atoms with Crippen LogP contribution in [0, 0.1) is 0 Å². The number of benzene rings is 1. The Balaban J connectivity index is 1.57. The molecule has 0 bridgehead atoms. The fourth-order valence-electron chi connectivity index (χ4n) is 5.55. The average molecular weight is 541 g/mol. The Kier molecular flexibility index (Phi) is 6.13. The summed E-state index contributed by atoms with van der Waals surface area (Å²) in [6.45, 7) is 4.81. The Hall–Kier alpha value is -3.13. The number of morpholine rings is 1. The number of aromatic nitrogens is 6. The molecule has 1 atom stereocenters. The van der Waals surface area contributed by atoms with Crippen LogP contribution in [0.5, 0.6) is 0 Å². The minimum atomic E-state index is -3.46. The second kappa shape index (κ2) is 9.26. The molecule has 2 aliphatic heterocycles. The van der Waals surface area contributed by atoms with Crippen LogP contribution in [0.2, 0.25) is 0 Å². The molecule has 3 aromatic heterocycles. The summed E-state index contributed by atoms with van der Waals surface area (Å²) < 4.78 is 35.3. The fraction of sp³-hybridized carbons (Fsp3) is 0.520. The van der Waals surface area contributed by atoms with Crippen LogP contribution in [0.3, 0.4) is 0 Å². The van der Waals surface area contributed by atoms with Crippen molar-refractivity contribution in [3.8, 4) is 5.95 Å². The van der Waals surface area contributed by atoms with Crippen LogP contribution in [0.15, 0.2) is 24.3 Å². The molecular formula is C25H32N8O4S. The molecular weight excluding hydrogens is 508 g/mol. The molecule has 38 heavy (non-hydrogen) atoms. The fourth-order valence-corrected chi connectivity index (χ4v) is 6.46. The van der Waals surface area contributed by atoms with Crippen molar-refractivity contribution in [3.63, 3.8) is 0 Å². The summed E-state index contributed by atoms with van der Waals surface area (Å²) in [4.78, 5) is 21.8. The van der Waals surface area contributed by atoms with Gasteiger partial charge in [0.15, 0.2) is 17.0 Å². The summed E-state index contributed by atoms with van der Waals surface area (Å²) in [7, 11) is -1.65. The van der Waals surface area contributed by atoms with Crippen LogP contribution in [0.25, 0.3) is 28.1 Å². The largest absolute Gasteiger partial charge is 0.381 e. The van der Waals surface area contributed by atoms with Gasteiger partial charge in [-0.05, 0) is 25.0 Å². The van der Waals surface area contributed by atoms with E-state index in [-0.39, 0.29) is 6.54 Å². The number of β-amino-alcohol motifs (C(OH)–C–C–N with tert-alkyl or cyclic N) is 1. The zero-order valence-electron chi connectivity index (χ0n) is 21.8. The summed E-state index contributed by atoms with van der Waals surface area (Å²) >= 11 is 0.